The molecular formula is C34H36N2O5. The molecule has 0 heterocycles. The Morgan fingerprint density at radius 2 is 1.34 bits per heavy atom. The summed E-state index contributed by atoms with van der Waals surface area (Å²) in [5.74, 6) is 1.39. The average molecular weight is 553 g/mol. The van der Waals surface area contributed by atoms with Gasteiger partial charge in [0.2, 0.25) is 5.91 Å². The first-order valence-electron chi connectivity index (χ1n) is 13.6. The van der Waals surface area contributed by atoms with Crippen molar-refractivity contribution in [2.45, 2.75) is 25.4 Å². The summed E-state index contributed by atoms with van der Waals surface area (Å²) in [4.78, 5) is 29.1. The third-order valence-electron chi connectivity index (χ3n) is 6.73. The van der Waals surface area contributed by atoms with Gasteiger partial charge in [0.1, 0.15) is 11.8 Å². The minimum atomic E-state index is -0.741. The minimum absolute atomic E-state index is 0.180. The van der Waals surface area contributed by atoms with Crippen LogP contribution in [0.2, 0.25) is 0 Å². The number of carbonyl (C=O) groups excluding carboxylic acids is 2. The van der Waals surface area contributed by atoms with Crippen molar-refractivity contribution >= 4 is 11.8 Å². The Balaban J connectivity index is 1.54. The highest BCUT2D eigenvalue weighted by molar-refractivity contribution is 5.88. The molecule has 212 valence electrons. The van der Waals surface area contributed by atoms with Crippen LogP contribution < -0.4 is 19.5 Å². The third kappa shape index (κ3) is 8.60. The van der Waals surface area contributed by atoms with E-state index in [1.54, 1.807) is 31.3 Å². The molecule has 0 aliphatic rings. The summed E-state index contributed by atoms with van der Waals surface area (Å²) in [6.45, 7) is 0.493. The monoisotopic (exact) mass is 552 g/mol. The van der Waals surface area contributed by atoms with Gasteiger partial charge in [-0.25, -0.2) is 0 Å². The van der Waals surface area contributed by atoms with Gasteiger partial charge in [-0.2, -0.15) is 0 Å². The van der Waals surface area contributed by atoms with Gasteiger partial charge < -0.3 is 24.4 Å². The van der Waals surface area contributed by atoms with E-state index in [4.69, 9.17) is 14.2 Å². The number of para-hydroxylation sites is 1. The van der Waals surface area contributed by atoms with Gasteiger partial charge in [-0.3, -0.25) is 9.59 Å². The number of nitrogens with one attached hydrogen (secondary N) is 1. The Labute approximate surface area is 241 Å². The Morgan fingerprint density at radius 1 is 0.732 bits per heavy atom. The van der Waals surface area contributed by atoms with Crippen molar-refractivity contribution in [3.05, 3.63) is 126 Å². The van der Waals surface area contributed by atoms with Crippen LogP contribution in [0.3, 0.4) is 0 Å². The van der Waals surface area contributed by atoms with E-state index in [9.17, 15) is 9.59 Å². The molecule has 0 bridgehead atoms. The van der Waals surface area contributed by atoms with Gasteiger partial charge in [-0.15, -0.1) is 0 Å². The van der Waals surface area contributed by atoms with E-state index in [2.05, 4.69) is 5.32 Å². The molecule has 0 saturated carbocycles. The summed E-state index contributed by atoms with van der Waals surface area (Å²) in [6.07, 6.45) is 0.959. The molecule has 0 radical (unpaired) electrons. The molecule has 0 spiro atoms. The number of amides is 2. The summed E-state index contributed by atoms with van der Waals surface area (Å²) < 4.78 is 16.5. The molecule has 1 atom stereocenters. The highest BCUT2D eigenvalue weighted by atomic mass is 16.5. The SMILES string of the molecule is COc1ccc(CCNC(=O)[C@H](Cc2ccccc2)N(Cc2ccccc2)C(=O)COc2ccccc2)cc1OC. The predicted octanol–water partition coefficient (Wildman–Crippen LogP) is 5.08. The van der Waals surface area contributed by atoms with Crippen molar-refractivity contribution in [2.24, 2.45) is 0 Å². The van der Waals surface area contributed by atoms with E-state index >= 15 is 0 Å². The molecule has 0 aliphatic heterocycles. The number of hydrogen-bond donors (Lipinski definition) is 1. The van der Waals surface area contributed by atoms with Gasteiger partial charge >= 0.3 is 0 Å². The van der Waals surface area contributed by atoms with Crippen LogP contribution in [-0.2, 0) is 29.0 Å². The van der Waals surface area contributed by atoms with E-state index in [1.165, 1.54) is 0 Å². The molecule has 0 aliphatic carbocycles. The van der Waals surface area contributed by atoms with Crippen molar-refractivity contribution in [1.29, 1.82) is 0 Å². The summed E-state index contributed by atoms with van der Waals surface area (Å²) in [7, 11) is 3.19. The molecule has 7 heteroatoms. The lowest BCUT2D eigenvalue weighted by Crippen LogP contribution is -2.52. The maximum Gasteiger partial charge on any atom is 0.261 e. The second-order valence-corrected chi connectivity index (χ2v) is 9.54. The Morgan fingerprint density at radius 3 is 1.98 bits per heavy atom. The molecule has 41 heavy (non-hydrogen) atoms. The maximum atomic E-state index is 13.8. The van der Waals surface area contributed by atoms with Crippen LogP contribution in [0, 0.1) is 0 Å². The van der Waals surface area contributed by atoms with E-state index in [1.807, 2.05) is 97.1 Å². The summed E-state index contributed by atoms with van der Waals surface area (Å²) >= 11 is 0. The Bertz CT molecular complexity index is 1380. The molecule has 4 rings (SSSR count). The molecule has 0 fully saturated rings. The fraction of sp³-hybridized carbons (Fsp3) is 0.235. The largest absolute Gasteiger partial charge is 0.493 e. The van der Waals surface area contributed by atoms with Gasteiger partial charge in [0.15, 0.2) is 18.1 Å². The normalized spacial score (nSPS) is 11.3. The Kier molecular flexibility index (Phi) is 10.8. The van der Waals surface area contributed by atoms with Crippen molar-refractivity contribution in [3.8, 4) is 17.2 Å². The van der Waals surface area contributed by atoms with E-state index in [0.29, 0.717) is 36.6 Å². The number of methoxy groups -OCH3 is 2. The summed E-state index contributed by atoms with van der Waals surface area (Å²) in [5.41, 5.74) is 2.88. The molecule has 7 nitrogen and oxygen atoms in total. The quantitative estimate of drug-likeness (QED) is 0.236. The number of ether oxygens (including phenoxy) is 3. The highest BCUT2D eigenvalue weighted by Crippen LogP contribution is 2.27. The fourth-order valence-corrected chi connectivity index (χ4v) is 4.56. The Hall–Kier alpha value is -4.78. The summed E-state index contributed by atoms with van der Waals surface area (Å²) in [6, 6.07) is 33.6. The molecule has 0 unspecified atom stereocenters. The first-order valence-corrected chi connectivity index (χ1v) is 13.6. The van der Waals surface area contributed by atoms with Gasteiger partial charge in [0.05, 0.1) is 14.2 Å². The number of nitrogens with zero attached hydrogens (tertiary/aromatic N) is 1. The first kappa shape index (κ1) is 29.2. The van der Waals surface area contributed by atoms with Crippen molar-refractivity contribution in [1.82, 2.24) is 10.2 Å². The second-order valence-electron chi connectivity index (χ2n) is 9.54. The average Bonchev–Trinajstić information content (AvgIpc) is 3.02. The highest BCUT2D eigenvalue weighted by Gasteiger charge is 2.30. The van der Waals surface area contributed by atoms with Crippen LogP contribution in [-0.4, -0.2) is 50.1 Å². The number of hydrogen-bond acceptors (Lipinski definition) is 5. The molecule has 0 saturated heterocycles. The molecule has 1 N–H and O–H groups in total. The fourth-order valence-electron chi connectivity index (χ4n) is 4.56. The molecule has 0 aromatic heterocycles. The minimum Gasteiger partial charge on any atom is -0.493 e. The van der Waals surface area contributed by atoms with Gasteiger partial charge in [-0.05, 0) is 47.4 Å². The van der Waals surface area contributed by atoms with Crippen LogP contribution in [0.25, 0.3) is 0 Å². The van der Waals surface area contributed by atoms with E-state index < -0.39 is 6.04 Å². The lowest BCUT2D eigenvalue weighted by Gasteiger charge is -2.31. The van der Waals surface area contributed by atoms with E-state index in [0.717, 1.165) is 16.7 Å². The first-order chi connectivity index (χ1) is 20.1. The van der Waals surface area contributed by atoms with E-state index in [-0.39, 0.29) is 25.0 Å². The van der Waals surface area contributed by atoms with Gasteiger partial charge in [0, 0.05) is 19.5 Å². The zero-order valence-electron chi connectivity index (χ0n) is 23.5. The van der Waals surface area contributed by atoms with Crippen LogP contribution in [0.15, 0.2) is 109 Å². The molecule has 2 amide bonds. The second kappa shape index (κ2) is 15.1. The van der Waals surface area contributed by atoms with Crippen molar-refractivity contribution < 1.29 is 23.8 Å². The van der Waals surface area contributed by atoms with Crippen LogP contribution in [0.5, 0.6) is 17.2 Å². The third-order valence-corrected chi connectivity index (χ3v) is 6.73. The number of carbonyl (C=O) groups is 2. The van der Waals surface area contributed by atoms with Gasteiger partial charge in [0.25, 0.3) is 5.91 Å². The van der Waals surface area contributed by atoms with Crippen LogP contribution >= 0.6 is 0 Å². The zero-order valence-corrected chi connectivity index (χ0v) is 23.5. The lowest BCUT2D eigenvalue weighted by molar-refractivity contribution is -0.142. The van der Waals surface area contributed by atoms with Gasteiger partial charge in [-0.1, -0.05) is 84.9 Å². The predicted molar refractivity (Wildman–Crippen MR) is 159 cm³/mol. The molecule has 4 aromatic rings. The topological polar surface area (TPSA) is 77.1 Å². The number of rotatable bonds is 14. The smallest absolute Gasteiger partial charge is 0.261 e. The van der Waals surface area contributed by atoms with Crippen LogP contribution in [0.4, 0.5) is 0 Å². The molecule has 4 aromatic carbocycles. The molecular weight excluding hydrogens is 516 g/mol. The summed E-state index contributed by atoms with van der Waals surface area (Å²) in [5, 5.41) is 3.07. The lowest BCUT2D eigenvalue weighted by atomic mass is 10.0. The standard InChI is InChI=1S/C34H36N2O5/c1-39-31-19-18-27(23-32(31)40-2)20-21-35-34(38)30(22-26-12-6-3-7-13-26)36(24-28-14-8-4-9-15-28)33(37)25-41-29-16-10-5-11-17-29/h3-19,23,30H,20-22,24-25H2,1-2H3,(H,35,38)/t30-/m0/s1. The van der Waals surface area contributed by atoms with Crippen LogP contribution in [0.1, 0.15) is 16.7 Å². The maximum absolute atomic E-state index is 13.8. The number of benzene rings is 4. The van der Waals surface area contributed by atoms with Crippen molar-refractivity contribution in [2.75, 3.05) is 27.4 Å². The van der Waals surface area contributed by atoms with Crippen molar-refractivity contribution in [3.63, 3.8) is 0 Å². The zero-order chi connectivity index (χ0) is 28.9.